The van der Waals surface area contributed by atoms with Gasteiger partial charge in [-0.15, -0.1) is 0 Å². The summed E-state index contributed by atoms with van der Waals surface area (Å²) in [6, 6.07) is 12.8. The molecule has 1 heterocycles. The molecule has 0 radical (unpaired) electrons. The number of aromatic nitrogens is 2. The molecule has 0 saturated heterocycles. The van der Waals surface area contributed by atoms with E-state index >= 15 is 0 Å². The number of nitrogens with zero attached hydrogens (tertiary/aromatic N) is 2. The lowest BCUT2D eigenvalue weighted by atomic mass is 9.95. The van der Waals surface area contributed by atoms with E-state index in [2.05, 4.69) is 10.4 Å². The second-order valence-corrected chi connectivity index (χ2v) is 9.24. The number of carbonyl (C=O) groups is 1. The number of ether oxygens (including phenoxy) is 1. The highest BCUT2D eigenvalue weighted by atomic mass is 35.5. The Morgan fingerprint density at radius 1 is 1.09 bits per heavy atom. The molecule has 1 amide bonds. The number of benzene rings is 2. The van der Waals surface area contributed by atoms with Crippen molar-refractivity contribution in [1.29, 1.82) is 0 Å². The summed E-state index contributed by atoms with van der Waals surface area (Å²) >= 11 is 12.2. The number of carbonyl (C=O) groups excluding carboxylic acids is 1. The van der Waals surface area contributed by atoms with Crippen LogP contribution >= 0.6 is 23.2 Å². The normalized spacial score (nSPS) is 14.1. The van der Waals surface area contributed by atoms with Crippen LogP contribution in [0.5, 0.6) is 5.75 Å². The van der Waals surface area contributed by atoms with Gasteiger partial charge < -0.3 is 10.1 Å². The molecule has 3 aromatic rings. The molecule has 178 valence electrons. The molecule has 0 spiro atoms. The molecule has 1 N–H and O–H groups in total. The maximum atomic E-state index is 13.3. The van der Waals surface area contributed by atoms with Crippen LogP contribution in [0.2, 0.25) is 10.0 Å². The molecule has 0 aliphatic heterocycles. The van der Waals surface area contributed by atoms with Gasteiger partial charge >= 0.3 is 0 Å². The largest absolute Gasteiger partial charge is 0.494 e. The van der Waals surface area contributed by atoms with Crippen molar-refractivity contribution in [1.82, 2.24) is 15.1 Å². The SMILES string of the molecule is COc1cnn(C2CCCCC2)c(=O)c1-c1ccc(CCNC(=O)c2c(Cl)cccc2Cl)cc1. The van der Waals surface area contributed by atoms with Crippen molar-refractivity contribution in [3.63, 3.8) is 0 Å². The Bertz CT molecular complexity index is 1200. The van der Waals surface area contributed by atoms with Crippen LogP contribution in [0, 0.1) is 0 Å². The average Bonchev–Trinajstić information content (AvgIpc) is 2.85. The standard InChI is InChI=1S/C26H27Cl2N3O3/c1-34-22-16-30-31(19-6-3-2-4-7-19)26(33)23(22)18-12-10-17(11-13-18)14-15-29-25(32)24-20(27)8-5-9-21(24)28/h5,8-13,16,19H,2-4,6-7,14-15H2,1H3,(H,29,32). The Kier molecular flexibility index (Phi) is 7.91. The van der Waals surface area contributed by atoms with E-state index in [1.165, 1.54) is 6.42 Å². The van der Waals surface area contributed by atoms with E-state index in [-0.39, 0.29) is 23.1 Å². The zero-order valence-electron chi connectivity index (χ0n) is 19.0. The molecule has 0 unspecified atom stereocenters. The number of hydrogen-bond acceptors (Lipinski definition) is 4. The van der Waals surface area contributed by atoms with E-state index in [1.54, 1.807) is 36.2 Å². The van der Waals surface area contributed by atoms with Gasteiger partial charge in [-0.2, -0.15) is 5.10 Å². The summed E-state index contributed by atoms with van der Waals surface area (Å²) in [6.07, 6.45) is 7.65. The van der Waals surface area contributed by atoms with Crippen LogP contribution in [0.1, 0.15) is 54.1 Å². The Labute approximate surface area is 208 Å². The Hall–Kier alpha value is -2.83. The first-order valence-electron chi connectivity index (χ1n) is 11.5. The summed E-state index contributed by atoms with van der Waals surface area (Å²) in [4.78, 5) is 25.8. The minimum Gasteiger partial charge on any atom is -0.494 e. The monoisotopic (exact) mass is 499 g/mol. The molecule has 6 nitrogen and oxygen atoms in total. The molecule has 1 saturated carbocycles. The fourth-order valence-corrected chi connectivity index (χ4v) is 4.99. The van der Waals surface area contributed by atoms with Crippen LogP contribution in [0.25, 0.3) is 11.1 Å². The summed E-state index contributed by atoms with van der Waals surface area (Å²) in [5, 5.41) is 7.89. The predicted molar refractivity (Wildman–Crippen MR) is 135 cm³/mol. The highest BCUT2D eigenvalue weighted by Crippen LogP contribution is 2.30. The maximum Gasteiger partial charge on any atom is 0.278 e. The Morgan fingerprint density at radius 2 is 1.76 bits per heavy atom. The third-order valence-corrected chi connectivity index (χ3v) is 6.87. The van der Waals surface area contributed by atoms with Gasteiger partial charge in [-0.05, 0) is 42.5 Å². The molecule has 1 aliphatic rings. The van der Waals surface area contributed by atoms with Gasteiger partial charge in [-0.1, -0.05) is 72.8 Å². The third-order valence-electron chi connectivity index (χ3n) is 6.24. The summed E-state index contributed by atoms with van der Waals surface area (Å²) in [5.41, 5.74) is 2.48. The summed E-state index contributed by atoms with van der Waals surface area (Å²) in [7, 11) is 1.55. The fourth-order valence-electron chi connectivity index (χ4n) is 4.42. The van der Waals surface area contributed by atoms with Crippen LogP contribution in [0.4, 0.5) is 0 Å². The van der Waals surface area contributed by atoms with E-state index in [0.717, 1.165) is 36.8 Å². The number of amides is 1. The van der Waals surface area contributed by atoms with Crippen molar-refractivity contribution in [2.24, 2.45) is 0 Å². The molecule has 1 aromatic heterocycles. The molecule has 0 bridgehead atoms. The molecule has 0 atom stereocenters. The quantitative estimate of drug-likeness (QED) is 0.452. The lowest BCUT2D eigenvalue weighted by Crippen LogP contribution is -2.30. The van der Waals surface area contributed by atoms with Crippen molar-refractivity contribution < 1.29 is 9.53 Å². The van der Waals surface area contributed by atoms with Gasteiger partial charge in [0.2, 0.25) is 0 Å². The van der Waals surface area contributed by atoms with Crippen molar-refractivity contribution in [2.45, 2.75) is 44.6 Å². The molecule has 34 heavy (non-hydrogen) atoms. The van der Waals surface area contributed by atoms with E-state index in [9.17, 15) is 9.59 Å². The van der Waals surface area contributed by atoms with Crippen LogP contribution in [-0.4, -0.2) is 29.3 Å². The molecule has 2 aromatic carbocycles. The van der Waals surface area contributed by atoms with E-state index in [4.69, 9.17) is 27.9 Å². The molecular weight excluding hydrogens is 473 g/mol. The predicted octanol–water partition coefficient (Wildman–Crippen LogP) is 5.70. The molecule has 4 rings (SSSR count). The molecular formula is C26H27Cl2N3O3. The minimum atomic E-state index is -0.308. The van der Waals surface area contributed by atoms with Gasteiger partial charge in [0, 0.05) is 6.54 Å². The first-order valence-corrected chi connectivity index (χ1v) is 12.2. The summed E-state index contributed by atoms with van der Waals surface area (Å²) in [6.45, 7) is 0.423. The van der Waals surface area contributed by atoms with Gasteiger partial charge in [0.05, 0.1) is 40.5 Å². The van der Waals surface area contributed by atoms with Gasteiger partial charge in [0.1, 0.15) is 0 Å². The van der Waals surface area contributed by atoms with Gasteiger partial charge in [-0.3, -0.25) is 9.59 Å². The smallest absolute Gasteiger partial charge is 0.278 e. The van der Waals surface area contributed by atoms with Crippen LogP contribution in [0.3, 0.4) is 0 Å². The lowest BCUT2D eigenvalue weighted by Gasteiger charge is -2.23. The number of rotatable bonds is 7. The van der Waals surface area contributed by atoms with Crippen LogP contribution in [-0.2, 0) is 6.42 Å². The van der Waals surface area contributed by atoms with Gasteiger partial charge in [-0.25, -0.2) is 4.68 Å². The molecule has 8 heteroatoms. The zero-order chi connectivity index (χ0) is 24.1. The Balaban J connectivity index is 1.47. The second-order valence-electron chi connectivity index (χ2n) is 8.43. The van der Waals surface area contributed by atoms with Gasteiger partial charge in [0.25, 0.3) is 11.5 Å². The summed E-state index contributed by atoms with van der Waals surface area (Å²) in [5.74, 6) is 0.158. The number of halogens is 2. The lowest BCUT2D eigenvalue weighted by molar-refractivity contribution is 0.0954. The summed E-state index contributed by atoms with van der Waals surface area (Å²) < 4.78 is 7.09. The first-order chi connectivity index (χ1) is 16.5. The van der Waals surface area contributed by atoms with Crippen LogP contribution < -0.4 is 15.6 Å². The molecule has 1 fully saturated rings. The van der Waals surface area contributed by atoms with E-state index in [1.807, 2.05) is 24.3 Å². The second kappa shape index (κ2) is 11.1. The van der Waals surface area contributed by atoms with E-state index in [0.29, 0.717) is 34.3 Å². The van der Waals surface area contributed by atoms with Crippen molar-refractivity contribution in [2.75, 3.05) is 13.7 Å². The maximum absolute atomic E-state index is 13.3. The van der Waals surface area contributed by atoms with Crippen molar-refractivity contribution >= 4 is 29.1 Å². The number of hydrogen-bond donors (Lipinski definition) is 1. The minimum absolute atomic E-state index is 0.122. The zero-order valence-corrected chi connectivity index (χ0v) is 20.5. The van der Waals surface area contributed by atoms with Crippen molar-refractivity contribution in [3.8, 4) is 16.9 Å². The first kappa shape index (κ1) is 24.3. The third kappa shape index (κ3) is 5.29. The average molecular weight is 500 g/mol. The van der Waals surface area contributed by atoms with Gasteiger partial charge in [0.15, 0.2) is 5.75 Å². The number of nitrogens with one attached hydrogen (secondary N) is 1. The topological polar surface area (TPSA) is 73.2 Å². The number of methoxy groups -OCH3 is 1. The highest BCUT2D eigenvalue weighted by molar-refractivity contribution is 6.39. The van der Waals surface area contributed by atoms with Crippen molar-refractivity contribution in [3.05, 3.63) is 80.2 Å². The Morgan fingerprint density at radius 3 is 2.41 bits per heavy atom. The highest BCUT2D eigenvalue weighted by Gasteiger charge is 2.21. The molecule has 1 aliphatic carbocycles. The van der Waals surface area contributed by atoms with Crippen LogP contribution in [0.15, 0.2) is 53.5 Å². The fraction of sp³-hybridized carbons (Fsp3) is 0.346. The van der Waals surface area contributed by atoms with E-state index < -0.39 is 0 Å².